The summed E-state index contributed by atoms with van der Waals surface area (Å²) in [7, 11) is 1.79. The first-order valence-corrected chi connectivity index (χ1v) is 11.1. The number of likely N-dealkylation sites (tertiary alicyclic amines) is 1. The van der Waals surface area contributed by atoms with Crippen molar-refractivity contribution in [1.29, 1.82) is 5.26 Å². The zero-order valence-corrected chi connectivity index (χ0v) is 18.8. The third-order valence-electron chi connectivity index (χ3n) is 6.42. The van der Waals surface area contributed by atoms with Crippen molar-refractivity contribution in [3.05, 3.63) is 47.9 Å². The molecule has 34 heavy (non-hydrogen) atoms. The quantitative estimate of drug-likeness (QED) is 0.634. The van der Waals surface area contributed by atoms with Crippen LogP contribution in [0.5, 0.6) is 0 Å². The minimum absolute atomic E-state index is 0.0224. The van der Waals surface area contributed by atoms with E-state index in [9.17, 15) is 9.59 Å². The zero-order valence-electron chi connectivity index (χ0n) is 18.8. The molecule has 5 rings (SSSR count). The molecule has 10 nitrogen and oxygen atoms in total. The van der Waals surface area contributed by atoms with Gasteiger partial charge < -0.3 is 10.6 Å². The molecule has 0 saturated carbocycles. The van der Waals surface area contributed by atoms with Crippen LogP contribution in [-0.4, -0.2) is 69.4 Å². The van der Waals surface area contributed by atoms with Crippen molar-refractivity contribution in [3.63, 3.8) is 0 Å². The van der Waals surface area contributed by atoms with Gasteiger partial charge in [0.25, 0.3) is 0 Å². The van der Waals surface area contributed by atoms with Gasteiger partial charge in [-0.3, -0.25) is 19.6 Å². The average Bonchev–Trinajstić information content (AvgIpc) is 2.85. The molecule has 1 saturated heterocycles. The maximum absolute atomic E-state index is 13.4. The van der Waals surface area contributed by atoms with E-state index < -0.39 is 0 Å². The number of nitrogens with zero attached hydrogens (tertiary/aromatic N) is 7. The van der Waals surface area contributed by atoms with Crippen LogP contribution in [0.25, 0.3) is 22.3 Å². The molecule has 10 heteroatoms. The lowest BCUT2D eigenvalue weighted by molar-refractivity contribution is -0.119. The van der Waals surface area contributed by atoms with Gasteiger partial charge in [-0.1, -0.05) is 0 Å². The number of nitrogens with two attached hydrogens (primary N) is 1. The molecule has 0 aromatic carbocycles. The summed E-state index contributed by atoms with van der Waals surface area (Å²) >= 11 is 0. The summed E-state index contributed by atoms with van der Waals surface area (Å²) < 4.78 is 0. The molecule has 0 radical (unpaired) electrons. The smallest absolute Gasteiger partial charge is 0.324 e. The number of amides is 3. The molecule has 3 aromatic rings. The minimum Gasteiger partial charge on any atom is -0.369 e. The molecule has 0 unspecified atom stereocenters. The standard InChI is InChI=1S/C24H24N8O2/c1-30-13-16-12-28-20-5-4-19(15-2-3-17(10-25)27-11-15)29-22(20)23(16)32(24(30)34)18-6-8-31(9-7-18)14-21(26)33/h2-5,11-12,18H,6-9,13-14H2,1H3,(H2,26,33). The Kier molecular flexibility index (Phi) is 5.55. The normalized spacial score (nSPS) is 17.0. The number of carbonyl (C=O) groups excluding carboxylic acids is 2. The fourth-order valence-corrected chi connectivity index (χ4v) is 4.75. The second-order valence-electron chi connectivity index (χ2n) is 8.72. The number of anilines is 1. The molecule has 0 bridgehead atoms. The summed E-state index contributed by atoms with van der Waals surface area (Å²) in [6.07, 6.45) is 4.91. The van der Waals surface area contributed by atoms with Crippen LogP contribution in [-0.2, 0) is 11.3 Å². The number of primary amides is 1. The first kappa shape index (κ1) is 21.7. The van der Waals surface area contributed by atoms with E-state index in [2.05, 4.69) is 9.97 Å². The Balaban J connectivity index is 1.56. The predicted octanol–water partition coefficient (Wildman–Crippen LogP) is 1.88. The van der Waals surface area contributed by atoms with Crippen LogP contribution in [0, 0.1) is 11.3 Å². The zero-order chi connectivity index (χ0) is 23.8. The van der Waals surface area contributed by atoms with Crippen LogP contribution >= 0.6 is 0 Å². The SMILES string of the molecule is CN1Cc2cnc3ccc(-c4ccc(C#N)nc4)nc3c2N(C2CCN(CC(N)=O)CC2)C1=O. The van der Waals surface area contributed by atoms with E-state index in [1.807, 2.05) is 40.3 Å². The van der Waals surface area contributed by atoms with E-state index in [1.165, 1.54) is 0 Å². The first-order chi connectivity index (χ1) is 16.4. The molecule has 172 valence electrons. The lowest BCUT2D eigenvalue weighted by Gasteiger charge is -2.43. The highest BCUT2D eigenvalue weighted by molar-refractivity contribution is 6.04. The molecule has 0 atom stereocenters. The van der Waals surface area contributed by atoms with E-state index in [4.69, 9.17) is 16.0 Å². The van der Waals surface area contributed by atoms with Gasteiger partial charge in [0.15, 0.2) is 0 Å². The minimum atomic E-state index is -0.344. The van der Waals surface area contributed by atoms with Crippen LogP contribution in [0.3, 0.4) is 0 Å². The Labute approximate surface area is 196 Å². The highest BCUT2D eigenvalue weighted by Crippen LogP contribution is 2.37. The summed E-state index contributed by atoms with van der Waals surface area (Å²) in [6, 6.07) is 9.17. The summed E-state index contributed by atoms with van der Waals surface area (Å²) in [5.74, 6) is -0.344. The van der Waals surface area contributed by atoms with E-state index in [1.54, 1.807) is 24.2 Å². The van der Waals surface area contributed by atoms with Gasteiger partial charge in [-0.2, -0.15) is 5.26 Å². The number of hydrogen-bond acceptors (Lipinski definition) is 7. The number of hydrogen-bond donors (Lipinski definition) is 1. The second-order valence-corrected chi connectivity index (χ2v) is 8.72. The second kappa shape index (κ2) is 8.68. The van der Waals surface area contributed by atoms with Crippen LogP contribution in [0.2, 0.25) is 0 Å². The fraction of sp³-hybridized carbons (Fsp3) is 0.333. The summed E-state index contributed by atoms with van der Waals surface area (Å²) in [5, 5.41) is 9.03. The number of pyridine rings is 3. The molecule has 3 amide bonds. The maximum atomic E-state index is 13.4. The molecule has 2 aliphatic rings. The van der Waals surface area contributed by atoms with Crippen molar-refractivity contribution in [2.24, 2.45) is 5.73 Å². The average molecular weight is 457 g/mol. The van der Waals surface area contributed by atoms with Crippen molar-refractivity contribution < 1.29 is 9.59 Å². The van der Waals surface area contributed by atoms with Crippen LogP contribution in [0.15, 0.2) is 36.7 Å². The largest absolute Gasteiger partial charge is 0.369 e. The highest BCUT2D eigenvalue weighted by atomic mass is 16.2. The van der Waals surface area contributed by atoms with E-state index in [0.717, 1.165) is 29.7 Å². The molecule has 0 spiro atoms. The van der Waals surface area contributed by atoms with Crippen molar-refractivity contribution >= 4 is 28.7 Å². The topological polar surface area (TPSA) is 132 Å². The Bertz CT molecular complexity index is 1310. The predicted molar refractivity (Wildman–Crippen MR) is 125 cm³/mol. The molecule has 3 aromatic heterocycles. The van der Waals surface area contributed by atoms with Crippen LogP contribution < -0.4 is 10.6 Å². The summed E-state index contributed by atoms with van der Waals surface area (Å²) in [5.41, 5.74) is 10.3. The maximum Gasteiger partial charge on any atom is 0.324 e. The summed E-state index contributed by atoms with van der Waals surface area (Å²) in [6.45, 7) is 2.07. The lowest BCUT2D eigenvalue weighted by atomic mass is 9.99. The van der Waals surface area contributed by atoms with Crippen molar-refractivity contribution in [2.75, 3.05) is 31.6 Å². The number of carbonyl (C=O) groups is 2. The van der Waals surface area contributed by atoms with Gasteiger partial charge in [0.05, 0.1) is 30.0 Å². The number of urea groups is 1. The Morgan fingerprint density at radius 3 is 2.65 bits per heavy atom. The lowest BCUT2D eigenvalue weighted by Crippen LogP contribution is -2.54. The highest BCUT2D eigenvalue weighted by Gasteiger charge is 2.37. The van der Waals surface area contributed by atoms with Gasteiger partial charge in [-0.05, 0) is 37.1 Å². The number of fused-ring (bicyclic) bond motifs is 3. The molecule has 0 aliphatic carbocycles. The van der Waals surface area contributed by atoms with Gasteiger partial charge in [-0.25, -0.2) is 14.8 Å². The van der Waals surface area contributed by atoms with Gasteiger partial charge >= 0.3 is 6.03 Å². The third-order valence-corrected chi connectivity index (χ3v) is 6.42. The molecular weight excluding hydrogens is 432 g/mol. The molecule has 1 fully saturated rings. The molecular formula is C24H24N8O2. The van der Waals surface area contributed by atoms with Gasteiger partial charge in [0.2, 0.25) is 5.91 Å². The molecule has 2 aliphatic heterocycles. The number of piperidine rings is 1. The Morgan fingerprint density at radius 1 is 1.18 bits per heavy atom. The van der Waals surface area contributed by atoms with Crippen molar-refractivity contribution in [2.45, 2.75) is 25.4 Å². The Morgan fingerprint density at radius 2 is 1.97 bits per heavy atom. The number of aromatic nitrogens is 3. The van der Waals surface area contributed by atoms with E-state index >= 15 is 0 Å². The van der Waals surface area contributed by atoms with Gasteiger partial charge in [0.1, 0.15) is 17.3 Å². The summed E-state index contributed by atoms with van der Waals surface area (Å²) in [4.78, 5) is 43.9. The van der Waals surface area contributed by atoms with Crippen molar-refractivity contribution in [1.82, 2.24) is 24.8 Å². The van der Waals surface area contributed by atoms with Crippen LogP contribution in [0.1, 0.15) is 24.1 Å². The number of rotatable bonds is 4. The van der Waals surface area contributed by atoms with Gasteiger partial charge in [0, 0.05) is 49.7 Å². The molecule has 5 heterocycles. The van der Waals surface area contributed by atoms with Gasteiger partial charge in [-0.15, -0.1) is 0 Å². The monoisotopic (exact) mass is 456 g/mol. The Hall–Kier alpha value is -4.10. The van der Waals surface area contributed by atoms with E-state index in [0.29, 0.717) is 42.1 Å². The van der Waals surface area contributed by atoms with Crippen molar-refractivity contribution in [3.8, 4) is 17.3 Å². The molecule has 2 N–H and O–H groups in total. The first-order valence-electron chi connectivity index (χ1n) is 11.1. The third kappa shape index (κ3) is 3.91. The van der Waals surface area contributed by atoms with Crippen LogP contribution in [0.4, 0.5) is 10.5 Å². The fourth-order valence-electron chi connectivity index (χ4n) is 4.75. The number of nitriles is 1. The van der Waals surface area contributed by atoms with E-state index in [-0.39, 0.29) is 24.5 Å².